The number of hydrogen-bond donors (Lipinski definition) is 1. The number of rotatable bonds is 7. The Labute approximate surface area is 127 Å². The Morgan fingerprint density at radius 2 is 2.20 bits per heavy atom. The number of allylic oxidation sites excluding steroid dienone is 1. The second-order valence-electron chi connectivity index (χ2n) is 5.18. The summed E-state index contributed by atoms with van der Waals surface area (Å²) in [6, 6.07) is 8.92. The number of ether oxygens (including phenoxy) is 1. The topological polar surface area (TPSA) is 21.3 Å². The standard InChI is InChI=1S/C17H25NOS/c1-3-11-18-15(16-9-6-7-12-19-16)13-20-17-10-5-4-8-14(17)2/h4-5,8-10,15,18H,3,6-7,11-13H2,1-2H3. The highest BCUT2D eigenvalue weighted by atomic mass is 32.2. The van der Waals surface area contributed by atoms with Crippen LogP contribution in [-0.4, -0.2) is 24.9 Å². The molecule has 1 aliphatic rings. The van der Waals surface area contributed by atoms with Gasteiger partial charge in [0.2, 0.25) is 0 Å². The lowest BCUT2D eigenvalue weighted by Gasteiger charge is -2.24. The van der Waals surface area contributed by atoms with Crippen LogP contribution in [0.3, 0.4) is 0 Å². The molecule has 0 aromatic heterocycles. The van der Waals surface area contributed by atoms with Crippen LogP contribution in [0.1, 0.15) is 31.7 Å². The molecule has 0 saturated carbocycles. The molecule has 1 aromatic carbocycles. The van der Waals surface area contributed by atoms with E-state index in [4.69, 9.17) is 4.74 Å². The summed E-state index contributed by atoms with van der Waals surface area (Å²) in [4.78, 5) is 1.37. The molecule has 110 valence electrons. The molecular formula is C17H25NOS. The molecule has 1 aromatic rings. The van der Waals surface area contributed by atoms with Gasteiger partial charge in [0.05, 0.1) is 12.6 Å². The van der Waals surface area contributed by atoms with E-state index in [0.717, 1.165) is 43.9 Å². The molecule has 1 unspecified atom stereocenters. The van der Waals surface area contributed by atoms with Gasteiger partial charge in [-0.15, -0.1) is 11.8 Å². The molecule has 1 atom stereocenters. The van der Waals surface area contributed by atoms with Crippen molar-refractivity contribution in [1.82, 2.24) is 5.32 Å². The molecule has 1 N–H and O–H groups in total. The third-order valence-electron chi connectivity index (χ3n) is 3.45. The molecule has 2 rings (SSSR count). The van der Waals surface area contributed by atoms with E-state index in [1.807, 2.05) is 11.8 Å². The molecule has 1 aliphatic heterocycles. The number of hydrogen-bond acceptors (Lipinski definition) is 3. The first-order chi connectivity index (χ1) is 9.81. The Hall–Kier alpha value is -0.930. The van der Waals surface area contributed by atoms with Crippen molar-refractivity contribution in [2.75, 3.05) is 18.9 Å². The van der Waals surface area contributed by atoms with E-state index in [1.165, 1.54) is 10.5 Å². The fraction of sp³-hybridized carbons (Fsp3) is 0.529. The summed E-state index contributed by atoms with van der Waals surface area (Å²) in [5, 5.41) is 3.61. The van der Waals surface area contributed by atoms with Crippen molar-refractivity contribution < 1.29 is 4.74 Å². The maximum absolute atomic E-state index is 5.84. The molecule has 0 aliphatic carbocycles. The summed E-state index contributed by atoms with van der Waals surface area (Å²) in [5.41, 5.74) is 1.35. The average molecular weight is 291 g/mol. The van der Waals surface area contributed by atoms with Crippen LogP contribution in [0.25, 0.3) is 0 Å². The predicted molar refractivity (Wildman–Crippen MR) is 87.3 cm³/mol. The first-order valence-electron chi connectivity index (χ1n) is 7.56. The first-order valence-corrected chi connectivity index (χ1v) is 8.54. The monoisotopic (exact) mass is 291 g/mol. The van der Waals surface area contributed by atoms with Gasteiger partial charge in [-0.3, -0.25) is 0 Å². The lowest BCUT2D eigenvalue weighted by atomic mass is 10.1. The van der Waals surface area contributed by atoms with E-state index < -0.39 is 0 Å². The first kappa shape index (κ1) is 15.5. The number of aryl methyl sites for hydroxylation is 1. The van der Waals surface area contributed by atoms with Crippen molar-refractivity contribution in [3.05, 3.63) is 41.7 Å². The zero-order chi connectivity index (χ0) is 14.2. The molecule has 0 fully saturated rings. The van der Waals surface area contributed by atoms with Crippen molar-refractivity contribution in [1.29, 1.82) is 0 Å². The van der Waals surface area contributed by atoms with Crippen molar-refractivity contribution >= 4 is 11.8 Å². The van der Waals surface area contributed by atoms with Crippen LogP contribution in [-0.2, 0) is 4.74 Å². The van der Waals surface area contributed by atoms with Gasteiger partial charge < -0.3 is 10.1 Å². The number of thioether (sulfide) groups is 1. The molecule has 0 spiro atoms. The van der Waals surface area contributed by atoms with Gasteiger partial charge in [-0.1, -0.05) is 25.1 Å². The van der Waals surface area contributed by atoms with E-state index in [0.29, 0.717) is 6.04 Å². The lowest BCUT2D eigenvalue weighted by Crippen LogP contribution is -2.35. The van der Waals surface area contributed by atoms with Crippen LogP contribution in [0.15, 0.2) is 41.0 Å². The summed E-state index contributed by atoms with van der Waals surface area (Å²) in [5.74, 6) is 2.17. The molecule has 3 heteroatoms. The maximum atomic E-state index is 5.84. The van der Waals surface area contributed by atoms with Gasteiger partial charge in [0, 0.05) is 10.6 Å². The Kier molecular flexibility index (Phi) is 6.48. The van der Waals surface area contributed by atoms with Crippen LogP contribution >= 0.6 is 11.8 Å². The van der Waals surface area contributed by atoms with Crippen LogP contribution in [0.5, 0.6) is 0 Å². The Morgan fingerprint density at radius 3 is 2.90 bits per heavy atom. The fourth-order valence-electron chi connectivity index (χ4n) is 2.27. The van der Waals surface area contributed by atoms with E-state index in [2.05, 4.69) is 49.5 Å². The highest BCUT2D eigenvalue weighted by molar-refractivity contribution is 7.99. The highest BCUT2D eigenvalue weighted by Gasteiger charge is 2.17. The van der Waals surface area contributed by atoms with Gasteiger partial charge >= 0.3 is 0 Å². The number of benzene rings is 1. The lowest BCUT2D eigenvalue weighted by molar-refractivity contribution is 0.172. The number of nitrogens with one attached hydrogen (secondary N) is 1. The van der Waals surface area contributed by atoms with Crippen molar-refractivity contribution in [2.24, 2.45) is 0 Å². The zero-order valence-electron chi connectivity index (χ0n) is 12.5. The normalized spacial score (nSPS) is 16.4. The molecule has 2 nitrogen and oxygen atoms in total. The van der Waals surface area contributed by atoms with Gasteiger partial charge in [-0.2, -0.15) is 0 Å². The molecule has 20 heavy (non-hydrogen) atoms. The van der Waals surface area contributed by atoms with Gasteiger partial charge in [0.1, 0.15) is 5.76 Å². The van der Waals surface area contributed by atoms with Gasteiger partial charge in [0.25, 0.3) is 0 Å². The second kappa shape index (κ2) is 8.38. The van der Waals surface area contributed by atoms with Crippen molar-refractivity contribution in [3.63, 3.8) is 0 Å². The summed E-state index contributed by atoms with van der Waals surface area (Å²) in [7, 11) is 0. The molecule has 0 radical (unpaired) electrons. The SMILES string of the molecule is CCCNC(CSc1ccccc1C)C1=CCCCO1. The van der Waals surface area contributed by atoms with Crippen LogP contribution in [0.2, 0.25) is 0 Å². The van der Waals surface area contributed by atoms with Crippen LogP contribution < -0.4 is 5.32 Å². The summed E-state index contributed by atoms with van der Waals surface area (Å²) in [6.07, 6.45) is 5.71. The smallest absolute Gasteiger partial charge is 0.110 e. The van der Waals surface area contributed by atoms with E-state index in [-0.39, 0.29) is 0 Å². The minimum atomic E-state index is 0.333. The van der Waals surface area contributed by atoms with E-state index in [9.17, 15) is 0 Å². The Morgan fingerprint density at radius 1 is 1.35 bits per heavy atom. The van der Waals surface area contributed by atoms with E-state index in [1.54, 1.807) is 0 Å². The maximum Gasteiger partial charge on any atom is 0.110 e. The Bertz CT molecular complexity index is 444. The largest absolute Gasteiger partial charge is 0.497 e. The fourth-order valence-corrected chi connectivity index (χ4v) is 3.37. The predicted octanol–water partition coefficient (Wildman–Crippen LogP) is 4.15. The zero-order valence-corrected chi connectivity index (χ0v) is 13.3. The minimum Gasteiger partial charge on any atom is -0.497 e. The van der Waals surface area contributed by atoms with Gasteiger partial charge in [-0.25, -0.2) is 0 Å². The highest BCUT2D eigenvalue weighted by Crippen LogP contribution is 2.25. The minimum absolute atomic E-state index is 0.333. The summed E-state index contributed by atoms with van der Waals surface area (Å²) >= 11 is 1.92. The quantitative estimate of drug-likeness (QED) is 0.763. The summed E-state index contributed by atoms with van der Waals surface area (Å²) in [6.45, 7) is 6.28. The van der Waals surface area contributed by atoms with E-state index >= 15 is 0 Å². The van der Waals surface area contributed by atoms with Gasteiger partial charge in [0.15, 0.2) is 0 Å². The Balaban J connectivity index is 1.96. The second-order valence-corrected chi connectivity index (χ2v) is 6.24. The average Bonchev–Trinajstić information content (AvgIpc) is 2.50. The van der Waals surface area contributed by atoms with Crippen molar-refractivity contribution in [3.8, 4) is 0 Å². The third-order valence-corrected chi connectivity index (χ3v) is 4.72. The summed E-state index contributed by atoms with van der Waals surface area (Å²) < 4.78 is 5.84. The molecule has 0 amide bonds. The molecule has 0 bridgehead atoms. The van der Waals surface area contributed by atoms with Crippen molar-refractivity contribution in [2.45, 2.75) is 44.0 Å². The third kappa shape index (κ3) is 4.57. The molecule has 0 saturated heterocycles. The molecule has 1 heterocycles. The van der Waals surface area contributed by atoms with Crippen LogP contribution in [0, 0.1) is 6.92 Å². The van der Waals surface area contributed by atoms with Crippen LogP contribution in [0.4, 0.5) is 0 Å². The van der Waals surface area contributed by atoms with Gasteiger partial charge in [-0.05, 0) is 50.4 Å². The molecular weight excluding hydrogens is 266 g/mol.